The molecule has 4 heteroatoms. The summed E-state index contributed by atoms with van der Waals surface area (Å²) in [4.78, 5) is 2.12. The number of rotatable bonds is 1. The Morgan fingerprint density at radius 1 is 1.17 bits per heavy atom. The molecule has 98 valence electrons. The molecule has 0 aromatic heterocycles. The fourth-order valence-electron chi connectivity index (χ4n) is 3.27. The molecule has 1 aliphatic carbocycles. The quantitative estimate of drug-likeness (QED) is 0.826. The molecule has 0 amide bonds. The van der Waals surface area contributed by atoms with Gasteiger partial charge in [-0.3, -0.25) is 0 Å². The molecule has 2 nitrogen and oxygen atoms in total. The predicted molar refractivity (Wildman–Crippen MR) is 67.8 cm³/mol. The molecule has 1 saturated carbocycles. The number of halogens is 2. The molecule has 3 rings (SSSR count). The van der Waals surface area contributed by atoms with Crippen molar-refractivity contribution in [1.82, 2.24) is 5.32 Å². The molecule has 1 heterocycles. The minimum absolute atomic E-state index is 0.354. The van der Waals surface area contributed by atoms with Crippen LogP contribution in [0.15, 0.2) is 18.2 Å². The van der Waals surface area contributed by atoms with Crippen molar-refractivity contribution in [3.05, 3.63) is 29.8 Å². The van der Waals surface area contributed by atoms with Gasteiger partial charge in [0, 0.05) is 31.2 Å². The van der Waals surface area contributed by atoms with Gasteiger partial charge in [0.05, 0.1) is 5.69 Å². The van der Waals surface area contributed by atoms with Gasteiger partial charge in [-0.25, -0.2) is 8.78 Å². The lowest BCUT2D eigenvalue weighted by Crippen LogP contribution is -2.59. The number of fused-ring (bicyclic) bond motifs is 1. The maximum absolute atomic E-state index is 13.9. The van der Waals surface area contributed by atoms with Crippen molar-refractivity contribution in [1.29, 1.82) is 0 Å². The first kappa shape index (κ1) is 11.9. The third-order valence-electron chi connectivity index (χ3n) is 4.11. The molecule has 1 aromatic rings. The van der Waals surface area contributed by atoms with Crippen LogP contribution in [0, 0.1) is 11.6 Å². The molecular formula is C14H18F2N2. The van der Waals surface area contributed by atoms with Crippen LogP contribution in [-0.4, -0.2) is 25.2 Å². The highest BCUT2D eigenvalue weighted by atomic mass is 19.1. The van der Waals surface area contributed by atoms with Crippen molar-refractivity contribution < 1.29 is 8.78 Å². The second-order valence-electron chi connectivity index (χ2n) is 5.20. The summed E-state index contributed by atoms with van der Waals surface area (Å²) in [6.45, 7) is 1.67. The van der Waals surface area contributed by atoms with Crippen molar-refractivity contribution >= 4 is 5.69 Å². The van der Waals surface area contributed by atoms with E-state index in [1.54, 1.807) is 6.07 Å². The van der Waals surface area contributed by atoms with Gasteiger partial charge in [-0.2, -0.15) is 0 Å². The first-order valence-corrected chi connectivity index (χ1v) is 6.71. The maximum atomic E-state index is 13.9. The summed E-state index contributed by atoms with van der Waals surface area (Å²) in [7, 11) is 0. The molecule has 18 heavy (non-hydrogen) atoms. The molecule has 2 fully saturated rings. The largest absolute Gasteiger partial charge is 0.363 e. The zero-order valence-corrected chi connectivity index (χ0v) is 10.3. The number of anilines is 1. The Morgan fingerprint density at radius 3 is 2.83 bits per heavy atom. The highest BCUT2D eigenvalue weighted by Crippen LogP contribution is 2.31. The minimum Gasteiger partial charge on any atom is -0.363 e. The summed E-state index contributed by atoms with van der Waals surface area (Å²) in [6, 6.07) is 4.71. The summed E-state index contributed by atoms with van der Waals surface area (Å²) in [5, 5.41) is 3.51. The van der Waals surface area contributed by atoms with Crippen molar-refractivity contribution in [2.75, 3.05) is 18.0 Å². The lowest BCUT2D eigenvalue weighted by Gasteiger charge is -2.46. The Morgan fingerprint density at radius 2 is 2.00 bits per heavy atom. The smallest absolute Gasteiger partial charge is 0.149 e. The predicted octanol–water partition coefficient (Wildman–Crippen LogP) is 2.69. The van der Waals surface area contributed by atoms with E-state index >= 15 is 0 Å². The molecule has 1 N–H and O–H groups in total. The Labute approximate surface area is 106 Å². The lowest BCUT2D eigenvalue weighted by atomic mass is 9.87. The second kappa shape index (κ2) is 4.84. The van der Waals surface area contributed by atoms with Gasteiger partial charge in [0.1, 0.15) is 11.6 Å². The number of benzene rings is 1. The van der Waals surface area contributed by atoms with E-state index < -0.39 is 11.6 Å². The number of nitrogens with zero attached hydrogens (tertiary/aromatic N) is 1. The van der Waals surface area contributed by atoms with Crippen LogP contribution in [0.2, 0.25) is 0 Å². The maximum Gasteiger partial charge on any atom is 0.149 e. The van der Waals surface area contributed by atoms with Gasteiger partial charge in [-0.05, 0) is 25.0 Å². The summed E-state index contributed by atoms with van der Waals surface area (Å²) in [6.07, 6.45) is 4.69. The first-order chi connectivity index (χ1) is 8.75. The van der Waals surface area contributed by atoms with Crippen LogP contribution in [0.1, 0.15) is 25.7 Å². The molecule has 2 aliphatic rings. The number of hydrogen-bond donors (Lipinski definition) is 1. The van der Waals surface area contributed by atoms with Gasteiger partial charge >= 0.3 is 0 Å². The summed E-state index contributed by atoms with van der Waals surface area (Å²) in [5.41, 5.74) is 0.551. The fraction of sp³-hybridized carbons (Fsp3) is 0.571. The summed E-state index contributed by atoms with van der Waals surface area (Å²) < 4.78 is 26.9. The molecule has 1 aromatic carbocycles. The lowest BCUT2D eigenvalue weighted by molar-refractivity contribution is 0.282. The Kier molecular flexibility index (Phi) is 3.20. The van der Waals surface area contributed by atoms with Crippen molar-refractivity contribution in [2.45, 2.75) is 37.8 Å². The first-order valence-electron chi connectivity index (χ1n) is 6.71. The molecule has 0 spiro atoms. The molecule has 0 radical (unpaired) electrons. The number of hydrogen-bond acceptors (Lipinski definition) is 2. The third kappa shape index (κ3) is 2.09. The molecule has 2 atom stereocenters. The zero-order chi connectivity index (χ0) is 12.5. The van der Waals surface area contributed by atoms with Crippen LogP contribution in [0.25, 0.3) is 0 Å². The van der Waals surface area contributed by atoms with E-state index in [2.05, 4.69) is 10.2 Å². The van der Waals surface area contributed by atoms with Gasteiger partial charge in [-0.15, -0.1) is 0 Å². The molecule has 1 aliphatic heterocycles. The van der Waals surface area contributed by atoms with Crippen LogP contribution in [0.3, 0.4) is 0 Å². The Balaban J connectivity index is 1.89. The molecule has 0 unspecified atom stereocenters. The average molecular weight is 252 g/mol. The van der Waals surface area contributed by atoms with Crippen LogP contribution in [0.5, 0.6) is 0 Å². The molecular weight excluding hydrogens is 234 g/mol. The monoisotopic (exact) mass is 252 g/mol. The van der Waals surface area contributed by atoms with Crippen molar-refractivity contribution in [3.63, 3.8) is 0 Å². The Bertz CT molecular complexity index is 434. The highest BCUT2D eigenvalue weighted by molar-refractivity contribution is 5.50. The van der Waals surface area contributed by atoms with E-state index in [1.165, 1.54) is 18.9 Å². The van der Waals surface area contributed by atoms with E-state index in [4.69, 9.17) is 0 Å². The van der Waals surface area contributed by atoms with Crippen molar-refractivity contribution in [2.24, 2.45) is 0 Å². The van der Waals surface area contributed by atoms with Gasteiger partial charge in [0.15, 0.2) is 0 Å². The second-order valence-corrected chi connectivity index (χ2v) is 5.20. The van der Waals surface area contributed by atoms with Crippen LogP contribution >= 0.6 is 0 Å². The van der Waals surface area contributed by atoms with Gasteiger partial charge < -0.3 is 10.2 Å². The minimum atomic E-state index is -0.508. The van der Waals surface area contributed by atoms with Gasteiger partial charge in [0.2, 0.25) is 0 Å². The van der Waals surface area contributed by atoms with Crippen LogP contribution < -0.4 is 10.2 Å². The standard InChI is InChI=1S/C14H18F2N2/c15-10-5-6-13(11(16)9-10)18-8-7-17-12-3-1-2-4-14(12)18/h5-6,9,12,14,17H,1-4,7-8H2/t12-,14-/m1/s1. The normalized spacial score (nSPS) is 28.0. The van der Waals surface area contributed by atoms with Crippen LogP contribution in [-0.2, 0) is 0 Å². The van der Waals surface area contributed by atoms with E-state index in [0.717, 1.165) is 32.0 Å². The average Bonchev–Trinajstić information content (AvgIpc) is 2.38. The van der Waals surface area contributed by atoms with Gasteiger partial charge in [-0.1, -0.05) is 12.8 Å². The van der Waals surface area contributed by atoms with E-state index in [0.29, 0.717) is 17.8 Å². The highest BCUT2D eigenvalue weighted by Gasteiger charge is 2.34. The summed E-state index contributed by atoms with van der Waals surface area (Å²) >= 11 is 0. The Hall–Kier alpha value is -1.16. The van der Waals surface area contributed by atoms with Crippen molar-refractivity contribution in [3.8, 4) is 0 Å². The van der Waals surface area contributed by atoms with E-state index in [-0.39, 0.29) is 0 Å². The number of piperazine rings is 1. The topological polar surface area (TPSA) is 15.3 Å². The number of nitrogens with one attached hydrogen (secondary N) is 1. The fourth-order valence-corrected chi connectivity index (χ4v) is 3.27. The van der Waals surface area contributed by atoms with E-state index in [9.17, 15) is 8.78 Å². The molecule has 1 saturated heterocycles. The SMILES string of the molecule is Fc1ccc(N2CCN[C@@H]3CCCC[C@H]32)c(F)c1. The van der Waals surface area contributed by atoms with Crippen LogP contribution in [0.4, 0.5) is 14.5 Å². The third-order valence-corrected chi connectivity index (χ3v) is 4.11. The molecule has 0 bridgehead atoms. The summed E-state index contributed by atoms with van der Waals surface area (Å²) in [5.74, 6) is -0.951. The zero-order valence-electron chi connectivity index (χ0n) is 10.3. The van der Waals surface area contributed by atoms with Gasteiger partial charge in [0.25, 0.3) is 0 Å². The van der Waals surface area contributed by atoms with E-state index in [1.807, 2.05) is 0 Å².